The number of carbonyl (C=O) groups is 2. The topological polar surface area (TPSA) is 132 Å². The van der Waals surface area contributed by atoms with Crippen LogP contribution in [-0.2, 0) is 48.0 Å². The number of carboxylic acids is 1. The van der Waals surface area contributed by atoms with Crippen LogP contribution in [0, 0.1) is 18.6 Å². The highest BCUT2D eigenvalue weighted by Gasteiger charge is 2.46. The van der Waals surface area contributed by atoms with Gasteiger partial charge < -0.3 is 29.4 Å². The van der Waals surface area contributed by atoms with E-state index in [1.54, 1.807) is 19.1 Å². The molecule has 0 aliphatic carbocycles. The van der Waals surface area contributed by atoms with Crippen LogP contribution < -0.4 is 21.5 Å². The molecule has 2 aliphatic rings. The summed E-state index contributed by atoms with van der Waals surface area (Å²) in [5.41, 5.74) is 0.0588. The number of alkyl halides is 3. The van der Waals surface area contributed by atoms with E-state index < -0.39 is 70.9 Å². The molecule has 0 spiro atoms. The molecule has 11 nitrogen and oxygen atoms in total. The molecular formula is C30H29F5N4O7. The quantitative estimate of drug-likeness (QED) is 0.373. The smallest absolute Gasteiger partial charge is 0.411 e. The Hall–Kier alpha value is -4.57. The number of aliphatic carboxylic acids is 1. The first-order valence-corrected chi connectivity index (χ1v) is 14.0. The second-order valence-electron chi connectivity index (χ2n) is 11.1. The van der Waals surface area contributed by atoms with Crippen molar-refractivity contribution in [3.8, 4) is 11.1 Å². The lowest BCUT2D eigenvalue weighted by atomic mass is 9.90. The SMILES string of the molecule is Cc1c(-c2ccc(CC(NC(=O)c3c(F)cc(N4CCOCC4C(F)(F)F)cc3F)C(=O)O)c3c2COC3)c(=O)n(C)c(=O)n1C. The van der Waals surface area contributed by atoms with Crippen molar-refractivity contribution in [2.75, 3.05) is 24.7 Å². The van der Waals surface area contributed by atoms with Gasteiger partial charge in [0.15, 0.2) is 0 Å². The van der Waals surface area contributed by atoms with E-state index in [0.717, 1.165) is 9.47 Å². The molecule has 2 N–H and O–H groups in total. The number of benzene rings is 2. The fourth-order valence-corrected chi connectivity index (χ4v) is 5.80. The van der Waals surface area contributed by atoms with Crippen LogP contribution in [0.5, 0.6) is 0 Å². The number of amides is 1. The summed E-state index contributed by atoms with van der Waals surface area (Å²) in [4.78, 5) is 51.3. The first-order valence-electron chi connectivity index (χ1n) is 14.0. The third-order valence-electron chi connectivity index (χ3n) is 8.37. The van der Waals surface area contributed by atoms with Crippen LogP contribution in [0.25, 0.3) is 11.1 Å². The Balaban J connectivity index is 1.43. The molecule has 0 bridgehead atoms. The monoisotopic (exact) mass is 652 g/mol. The molecule has 2 atom stereocenters. The van der Waals surface area contributed by atoms with Gasteiger partial charge in [0, 0.05) is 38.4 Å². The molecule has 0 radical (unpaired) electrons. The zero-order valence-corrected chi connectivity index (χ0v) is 24.8. The first-order chi connectivity index (χ1) is 21.6. The molecule has 1 fully saturated rings. The zero-order chi connectivity index (χ0) is 33.7. The van der Waals surface area contributed by atoms with Crippen LogP contribution in [0.4, 0.5) is 27.6 Å². The second kappa shape index (κ2) is 12.3. The van der Waals surface area contributed by atoms with Crippen molar-refractivity contribution in [2.45, 2.75) is 44.8 Å². The maximum atomic E-state index is 15.1. The maximum absolute atomic E-state index is 15.1. The number of aromatic nitrogens is 2. The van der Waals surface area contributed by atoms with Gasteiger partial charge in [0.25, 0.3) is 11.5 Å². The molecular weight excluding hydrogens is 623 g/mol. The number of ether oxygens (including phenoxy) is 2. The van der Waals surface area contributed by atoms with E-state index in [4.69, 9.17) is 9.47 Å². The minimum absolute atomic E-state index is 0.0507. The highest BCUT2D eigenvalue weighted by molar-refractivity contribution is 5.97. The van der Waals surface area contributed by atoms with E-state index in [2.05, 4.69) is 5.32 Å². The number of hydrogen-bond acceptors (Lipinski definition) is 7. The molecule has 1 saturated heterocycles. The van der Waals surface area contributed by atoms with E-state index in [0.29, 0.717) is 40.1 Å². The van der Waals surface area contributed by atoms with Crippen molar-refractivity contribution in [3.63, 3.8) is 0 Å². The molecule has 2 aromatic carbocycles. The molecule has 3 heterocycles. The summed E-state index contributed by atoms with van der Waals surface area (Å²) in [6.45, 7) is 0.579. The number of nitrogens with one attached hydrogen (secondary N) is 1. The number of rotatable bonds is 7. The van der Waals surface area contributed by atoms with Gasteiger partial charge in [-0.3, -0.25) is 14.2 Å². The Morgan fingerprint density at radius 3 is 2.33 bits per heavy atom. The molecule has 46 heavy (non-hydrogen) atoms. The maximum Gasteiger partial charge on any atom is 0.411 e. The van der Waals surface area contributed by atoms with Crippen molar-refractivity contribution in [1.29, 1.82) is 0 Å². The van der Waals surface area contributed by atoms with Gasteiger partial charge in [0.05, 0.1) is 32.0 Å². The van der Waals surface area contributed by atoms with Crippen LogP contribution in [0.1, 0.15) is 32.7 Å². The number of fused-ring (bicyclic) bond motifs is 1. The van der Waals surface area contributed by atoms with Gasteiger partial charge >= 0.3 is 17.8 Å². The largest absolute Gasteiger partial charge is 0.480 e. The summed E-state index contributed by atoms with van der Waals surface area (Å²) in [5, 5.41) is 12.0. The van der Waals surface area contributed by atoms with E-state index in [1.807, 2.05) is 0 Å². The standard InChI is InChI=1S/C30H29F5N4O7/c1-14-24(27(41)38(3)29(44)37(14)2)17-5-4-15(18-11-46-12-19(17)18)8-22(28(42)43)36-26(40)25-20(31)9-16(10-21(25)32)39-6-7-45-13-23(39)30(33,34)35/h4-5,9-10,22-23H,6-8,11-13H2,1-3H3,(H,36,40)(H,42,43). The van der Waals surface area contributed by atoms with E-state index >= 15 is 8.78 Å². The first kappa shape index (κ1) is 32.8. The Bertz CT molecular complexity index is 1830. The Labute approximate surface area is 257 Å². The van der Waals surface area contributed by atoms with Crippen LogP contribution in [-0.4, -0.2) is 64.1 Å². The van der Waals surface area contributed by atoms with Gasteiger partial charge in [-0.1, -0.05) is 12.1 Å². The van der Waals surface area contributed by atoms with Crippen LogP contribution in [0.3, 0.4) is 0 Å². The number of carbonyl (C=O) groups excluding carboxylic acids is 1. The number of hydrogen-bond donors (Lipinski definition) is 2. The molecule has 1 aromatic heterocycles. The lowest BCUT2D eigenvalue weighted by Gasteiger charge is -2.38. The van der Waals surface area contributed by atoms with Crippen LogP contribution >= 0.6 is 0 Å². The third kappa shape index (κ3) is 5.89. The van der Waals surface area contributed by atoms with Gasteiger partial charge in [0.2, 0.25) is 0 Å². The van der Waals surface area contributed by atoms with E-state index in [-0.39, 0.29) is 38.3 Å². The fraction of sp³-hybridized carbons (Fsp3) is 0.400. The van der Waals surface area contributed by atoms with Crippen molar-refractivity contribution in [3.05, 3.63) is 84.7 Å². The van der Waals surface area contributed by atoms with E-state index in [1.165, 1.54) is 18.7 Å². The summed E-state index contributed by atoms with van der Waals surface area (Å²) >= 11 is 0. The number of morpholine rings is 1. The van der Waals surface area contributed by atoms with Gasteiger partial charge in [-0.05, 0) is 41.3 Å². The van der Waals surface area contributed by atoms with Crippen molar-refractivity contribution in [2.24, 2.45) is 14.1 Å². The summed E-state index contributed by atoms with van der Waals surface area (Å²) in [5.74, 6) is -5.89. The summed E-state index contributed by atoms with van der Waals surface area (Å²) in [6.07, 6.45) is -5.09. The molecule has 16 heteroatoms. The highest BCUT2D eigenvalue weighted by Crippen LogP contribution is 2.35. The summed E-state index contributed by atoms with van der Waals surface area (Å²) < 4.78 is 83.4. The third-order valence-corrected chi connectivity index (χ3v) is 8.37. The minimum Gasteiger partial charge on any atom is -0.480 e. The van der Waals surface area contributed by atoms with Crippen molar-refractivity contribution >= 4 is 17.6 Å². The molecule has 1 amide bonds. The zero-order valence-electron chi connectivity index (χ0n) is 24.8. The van der Waals surface area contributed by atoms with Gasteiger partial charge in [0.1, 0.15) is 29.3 Å². The average molecular weight is 653 g/mol. The van der Waals surface area contributed by atoms with Crippen LogP contribution in [0.2, 0.25) is 0 Å². The summed E-state index contributed by atoms with van der Waals surface area (Å²) in [6, 6.07) is 0.468. The minimum atomic E-state index is -4.75. The van der Waals surface area contributed by atoms with Gasteiger partial charge in [-0.15, -0.1) is 0 Å². The Morgan fingerprint density at radius 1 is 1.04 bits per heavy atom. The van der Waals surface area contributed by atoms with Crippen molar-refractivity contribution in [1.82, 2.24) is 14.5 Å². The molecule has 0 saturated carbocycles. The predicted molar refractivity (Wildman–Crippen MR) is 153 cm³/mol. The van der Waals surface area contributed by atoms with Gasteiger partial charge in [-0.25, -0.2) is 18.4 Å². The van der Waals surface area contributed by atoms with Gasteiger partial charge in [-0.2, -0.15) is 13.2 Å². The lowest BCUT2D eigenvalue weighted by molar-refractivity contribution is -0.167. The Morgan fingerprint density at radius 2 is 1.70 bits per heavy atom. The Kier molecular flexibility index (Phi) is 8.79. The number of carboxylic acid groups (broad SMARTS) is 1. The lowest BCUT2D eigenvalue weighted by Crippen LogP contribution is -2.53. The summed E-state index contributed by atoms with van der Waals surface area (Å²) in [7, 11) is 2.87. The fourth-order valence-electron chi connectivity index (χ4n) is 5.80. The molecule has 2 aliphatic heterocycles. The normalized spacial score (nSPS) is 17.1. The van der Waals surface area contributed by atoms with Crippen LogP contribution in [0.15, 0.2) is 33.9 Å². The average Bonchev–Trinajstić information content (AvgIpc) is 3.49. The molecule has 5 rings (SSSR count). The van der Waals surface area contributed by atoms with Crippen molar-refractivity contribution < 1.29 is 46.1 Å². The highest BCUT2D eigenvalue weighted by atomic mass is 19.4. The number of halogens is 5. The predicted octanol–water partition coefficient (Wildman–Crippen LogP) is 2.56. The molecule has 246 valence electrons. The van der Waals surface area contributed by atoms with E-state index in [9.17, 15) is 37.5 Å². The molecule has 3 aromatic rings. The number of nitrogens with zero attached hydrogens (tertiary/aromatic N) is 3. The molecule has 2 unspecified atom stereocenters. The second-order valence-corrected chi connectivity index (χ2v) is 11.1. The number of anilines is 1.